The van der Waals surface area contributed by atoms with Crippen molar-refractivity contribution in [3.05, 3.63) is 53.8 Å². The number of halogens is 1. The van der Waals surface area contributed by atoms with Crippen molar-refractivity contribution in [2.24, 2.45) is 0 Å². The highest BCUT2D eigenvalue weighted by molar-refractivity contribution is 7.89. The first-order valence-corrected chi connectivity index (χ1v) is 9.03. The highest BCUT2D eigenvalue weighted by Gasteiger charge is 2.20. The van der Waals surface area contributed by atoms with Gasteiger partial charge in [-0.25, -0.2) is 22.3 Å². The van der Waals surface area contributed by atoms with Crippen molar-refractivity contribution in [1.29, 1.82) is 0 Å². The number of rotatable bonds is 8. The second kappa shape index (κ2) is 8.63. The summed E-state index contributed by atoms with van der Waals surface area (Å²) in [5.74, 6) is -1.11. The molecule has 0 saturated carbocycles. The largest absolute Gasteiger partial charge is 0.495 e. The Morgan fingerprint density at radius 2 is 1.85 bits per heavy atom. The van der Waals surface area contributed by atoms with Crippen LogP contribution in [-0.2, 0) is 14.8 Å². The third kappa shape index (κ3) is 4.70. The molecule has 0 saturated heterocycles. The molecule has 0 aliphatic carbocycles. The molecular weight excluding hydrogens is 365 g/mol. The van der Waals surface area contributed by atoms with E-state index >= 15 is 0 Å². The lowest BCUT2D eigenvalue weighted by Crippen LogP contribution is -2.20. The first-order chi connectivity index (χ1) is 12.4. The average molecular weight is 383 g/mol. The molecule has 0 amide bonds. The van der Waals surface area contributed by atoms with Gasteiger partial charge in [0.2, 0.25) is 10.0 Å². The first kappa shape index (κ1) is 19.7. The predicted octanol–water partition coefficient (Wildman–Crippen LogP) is 1.98. The molecule has 0 bridgehead atoms. The standard InChI is InChI=1S/C17H18FNO6S/c1-19-26(21,22)16-11-12(7-8-15(16)23-2)17(20)25-10-9-24-14-6-4-3-5-13(14)18/h3-8,11,19H,9-10H2,1-2H3. The van der Waals surface area contributed by atoms with Gasteiger partial charge in [0.05, 0.1) is 12.7 Å². The lowest BCUT2D eigenvalue weighted by Gasteiger charge is -2.11. The summed E-state index contributed by atoms with van der Waals surface area (Å²) < 4.78 is 54.8. The van der Waals surface area contributed by atoms with Gasteiger partial charge in [0.15, 0.2) is 11.6 Å². The topological polar surface area (TPSA) is 90.9 Å². The molecule has 26 heavy (non-hydrogen) atoms. The Kier molecular flexibility index (Phi) is 6.53. The van der Waals surface area contributed by atoms with E-state index in [1.807, 2.05) is 0 Å². The summed E-state index contributed by atoms with van der Waals surface area (Å²) in [4.78, 5) is 11.9. The zero-order chi connectivity index (χ0) is 19.2. The Hall–Kier alpha value is -2.65. The van der Waals surface area contributed by atoms with Crippen LogP contribution in [0.4, 0.5) is 4.39 Å². The van der Waals surface area contributed by atoms with Crippen molar-refractivity contribution in [3.8, 4) is 11.5 Å². The normalized spacial score (nSPS) is 11.0. The van der Waals surface area contributed by atoms with Crippen molar-refractivity contribution >= 4 is 16.0 Å². The second-order valence-corrected chi connectivity index (χ2v) is 6.84. The summed E-state index contributed by atoms with van der Waals surface area (Å²) in [7, 11) is -1.24. The number of hydrogen-bond donors (Lipinski definition) is 1. The van der Waals surface area contributed by atoms with Crippen molar-refractivity contribution in [3.63, 3.8) is 0 Å². The Balaban J connectivity index is 2.01. The lowest BCUT2D eigenvalue weighted by atomic mass is 10.2. The maximum Gasteiger partial charge on any atom is 0.338 e. The summed E-state index contributed by atoms with van der Waals surface area (Å²) in [6, 6.07) is 9.75. The van der Waals surface area contributed by atoms with Crippen molar-refractivity contribution < 1.29 is 31.8 Å². The van der Waals surface area contributed by atoms with Crippen LogP contribution < -0.4 is 14.2 Å². The van der Waals surface area contributed by atoms with Crippen LogP contribution in [0.2, 0.25) is 0 Å². The maximum atomic E-state index is 13.4. The minimum Gasteiger partial charge on any atom is -0.495 e. The fraction of sp³-hybridized carbons (Fsp3) is 0.235. The number of esters is 1. The quantitative estimate of drug-likeness (QED) is 0.554. The molecule has 0 aromatic heterocycles. The molecule has 0 aliphatic heterocycles. The fourth-order valence-corrected chi connectivity index (χ4v) is 2.97. The summed E-state index contributed by atoms with van der Waals surface area (Å²) in [6.45, 7) is -0.183. The average Bonchev–Trinajstić information content (AvgIpc) is 2.65. The number of para-hydroxylation sites is 1. The van der Waals surface area contributed by atoms with E-state index in [0.717, 1.165) is 6.07 Å². The zero-order valence-corrected chi connectivity index (χ0v) is 15.0. The van der Waals surface area contributed by atoms with E-state index < -0.39 is 21.8 Å². The molecule has 0 atom stereocenters. The molecule has 140 valence electrons. The van der Waals surface area contributed by atoms with Gasteiger partial charge in [-0.1, -0.05) is 12.1 Å². The molecule has 0 heterocycles. The Bertz CT molecular complexity index is 885. The van der Waals surface area contributed by atoms with Crippen LogP contribution in [0.3, 0.4) is 0 Å². The third-order valence-corrected chi connectivity index (χ3v) is 4.80. The Morgan fingerprint density at radius 1 is 1.12 bits per heavy atom. The number of benzene rings is 2. The fourth-order valence-electron chi connectivity index (χ4n) is 2.05. The molecule has 2 aromatic rings. The molecule has 0 aliphatic rings. The minimum atomic E-state index is -3.81. The number of carbonyl (C=O) groups excluding carboxylic acids is 1. The Morgan fingerprint density at radius 3 is 2.50 bits per heavy atom. The van der Waals surface area contributed by atoms with Gasteiger partial charge in [0, 0.05) is 0 Å². The third-order valence-electron chi connectivity index (χ3n) is 3.37. The van der Waals surface area contributed by atoms with E-state index in [-0.39, 0.29) is 35.2 Å². The van der Waals surface area contributed by atoms with Crippen LogP contribution >= 0.6 is 0 Å². The van der Waals surface area contributed by atoms with Gasteiger partial charge in [-0.3, -0.25) is 0 Å². The second-order valence-electron chi connectivity index (χ2n) is 4.99. The number of ether oxygens (including phenoxy) is 3. The molecule has 0 radical (unpaired) electrons. The molecule has 7 nitrogen and oxygen atoms in total. The first-order valence-electron chi connectivity index (χ1n) is 7.55. The van der Waals surface area contributed by atoms with Crippen LogP contribution in [0.25, 0.3) is 0 Å². The molecule has 0 spiro atoms. The van der Waals surface area contributed by atoms with Crippen LogP contribution in [-0.4, -0.2) is 41.8 Å². The monoisotopic (exact) mass is 383 g/mol. The van der Waals surface area contributed by atoms with Gasteiger partial charge in [-0.15, -0.1) is 0 Å². The molecule has 9 heteroatoms. The highest BCUT2D eigenvalue weighted by Crippen LogP contribution is 2.25. The van der Waals surface area contributed by atoms with Gasteiger partial charge in [-0.2, -0.15) is 0 Å². The van der Waals surface area contributed by atoms with Gasteiger partial charge in [0.25, 0.3) is 0 Å². The molecule has 2 rings (SSSR count). The van der Waals surface area contributed by atoms with Crippen LogP contribution in [0.15, 0.2) is 47.4 Å². The van der Waals surface area contributed by atoms with Gasteiger partial charge in [-0.05, 0) is 37.4 Å². The van der Waals surface area contributed by atoms with E-state index in [4.69, 9.17) is 14.2 Å². The van der Waals surface area contributed by atoms with Gasteiger partial charge in [0.1, 0.15) is 23.9 Å². The summed E-state index contributed by atoms with van der Waals surface area (Å²) >= 11 is 0. The van der Waals surface area contributed by atoms with Crippen molar-refractivity contribution in [2.75, 3.05) is 27.4 Å². The molecule has 1 N–H and O–H groups in total. The smallest absolute Gasteiger partial charge is 0.338 e. The number of carbonyl (C=O) groups is 1. The summed E-state index contributed by atoms with van der Waals surface area (Å²) in [5, 5.41) is 0. The highest BCUT2D eigenvalue weighted by atomic mass is 32.2. The molecule has 0 fully saturated rings. The van der Waals surface area contributed by atoms with Crippen LogP contribution in [0, 0.1) is 5.82 Å². The molecule has 2 aromatic carbocycles. The summed E-state index contributed by atoms with van der Waals surface area (Å²) in [5.41, 5.74) is 0.0329. The van der Waals surface area contributed by atoms with Crippen LogP contribution in [0.5, 0.6) is 11.5 Å². The van der Waals surface area contributed by atoms with E-state index in [2.05, 4.69) is 4.72 Å². The minimum absolute atomic E-state index is 0.0329. The predicted molar refractivity (Wildman–Crippen MR) is 91.4 cm³/mol. The van der Waals surface area contributed by atoms with E-state index in [1.165, 1.54) is 44.5 Å². The SMILES string of the molecule is CNS(=O)(=O)c1cc(C(=O)OCCOc2ccccc2F)ccc1OC. The Labute approximate surface area is 150 Å². The van der Waals surface area contributed by atoms with E-state index in [9.17, 15) is 17.6 Å². The molecule has 0 unspecified atom stereocenters. The summed E-state index contributed by atoms with van der Waals surface area (Å²) in [6.07, 6.45) is 0. The number of methoxy groups -OCH3 is 1. The van der Waals surface area contributed by atoms with Gasteiger partial charge >= 0.3 is 5.97 Å². The molecular formula is C17H18FNO6S. The van der Waals surface area contributed by atoms with E-state index in [1.54, 1.807) is 6.07 Å². The van der Waals surface area contributed by atoms with Crippen molar-refractivity contribution in [2.45, 2.75) is 4.90 Å². The lowest BCUT2D eigenvalue weighted by molar-refractivity contribution is 0.0448. The van der Waals surface area contributed by atoms with Crippen molar-refractivity contribution in [1.82, 2.24) is 4.72 Å². The number of nitrogens with one attached hydrogen (secondary N) is 1. The number of hydrogen-bond acceptors (Lipinski definition) is 6. The van der Waals surface area contributed by atoms with E-state index in [0.29, 0.717) is 0 Å². The van der Waals surface area contributed by atoms with Crippen LogP contribution in [0.1, 0.15) is 10.4 Å². The van der Waals surface area contributed by atoms with Gasteiger partial charge < -0.3 is 14.2 Å². The number of sulfonamides is 1. The maximum absolute atomic E-state index is 13.4. The zero-order valence-electron chi connectivity index (χ0n) is 14.2.